The van der Waals surface area contributed by atoms with Gasteiger partial charge in [-0.1, -0.05) is 19.1 Å². The Balaban J connectivity index is 2.02. The van der Waals surface area contributed by atoms with Crippen LogP contribution in [0.15, 0.2) is 24.3 Å². The molecule has 0 bridgehead atoms. The summed E-state index contributed by atoms with van der Waals surface area (Å²) in [7, 11) is -3.55. The van der Waals surface area contributed by atoms with Gasteiger partial charge in [0.25, 0.3) is 0 Å². The molecule has 1 aromatic rings. The van der Waals surface area contributed by atoms with Crippen LogP contribution in [0.3, 0.4) is 0 Å². The largest absolute Gasteiger partial charge is 0.494 e. The van der Waals surface area contributed by atoms with Crippen LogP contribution in [0.1, 0.15) is 38.3 Å². The van der Waals surface area contributed by atoms with E-state index in [4.69, 9.17) is 9.88 Å². The topological polar surface area (TPSA) is 89.7 Å². The molecule has 128 valence electrons. The van der Waals surface area contributed by atoms with E-state index in [-0.39, 0.29) is 30.0 Å². The summed E-state index contributed by atoms with van der Waals surface area (Å²) in [5.74, 6) is 0.401. The van der Waals surface area contributed by atoms with E-state index in [0.29, 0.717) is 13.2 Å². The molecular formula is C16H24N2O4S. The summed E-state index contributed by atoms with van der Waals surface area (Å²) in [6.45, 7) is 5.09. The van der Waals surface area contributed by atoms with Crippen LogP contribution in [0.2, 0.25) is 0 Å². The van der Waals surface area contributed by atoms with Crippen LogP contribution in [0.4, 0.5) is 0 Å². The molecule has 1 aliphatic rings. The molecule has 1 fully saturated rings. The van der Waals surface area contributed by atoms with Crippen LogP contribution in [-0.4, -0.2) is 38.1 Å². The van der Waals surface area contributed by atoms with Crippen molar-refractivity contribution in [1.29, 1.82) is 0 Å². The van der Waals surface area contributed by atoms with Gasteiger partial charge in [-0.2, -0.15) is 0 Å². The van der Waals surface area contributed by atoms with Gasteiger partial charge in [0.15, 0.2) is 0 Å². The zero-order valence-electron chi connectivity index (χ0n) is 13.6. The maximum atomic E-state index is 12.2. The molecule has 2 atom stereocenters. The van der Waals surface area contributed by atoms with Gasteiger partial charge in [-0.25, -0.2) is 13.6 Å². The smallest absolute Gasteiger partial charge is 0.223 e. The molecule has 0 spiro atoms. The van der Waals surface area contributed by atoms with Crippen LogP contribution in [0.5, 0.6) is 5.75 Å². The molecule has 0 aliphatic carbocycles. The molecule has 0 aromatic heterocycles. The lowest BCUT2D eigenvalue weighted by Gasteiger charge is -2.25. The van der Waals surface area contributed by atoms with Crippen LogP contribution in [0, 0.1) is 5.92 Å². The summed E-state index contributed by atoms with van der Waals surface area (Å²) in [4.78, 5) is 13.9. The van der Waals surface area contributed by atoms with Crippen LogP contribution in [-0.2, 0) is 14.8 Å². The van der Waals surface area contributed by atoms with Crippen molar-refractivity contribution in [3.8, 4) is 5.75 Å². The van der Waals surface area contributed by atoms with E-state index in [2.05, 4.69) is 0 Å². The fourth-order valence-corrected chi connectivity index (χ4v) is 3.75. The summed E-state index contributed by atoms with van der Waals surface area (Å²) in [5.41, 5.74) is 0.999. The molecular weight excluding hydrogens is 316 g/mol. The average Bonchev–Trinajstić information content (AvgIpc) is 2.83. The number of sulfonamides is 1. The van der Waals surface area contributed by atoms with Crippen LogP contribution < -0.4 is 9.88 Å². The second-order valence-electron chi connectivity index (χ2n) is 6.04. The van der Waals surface area contributed by atoms with E-state index in [1.165, 1.54) is 0 Å². The number of carbonyl (C=O) groups is 1. The monoisotopic (exact) mass is 340 g/mol. The summed E-state index contributed by atoms with van der Waals surface area (Å²) >= 11 is 0. The molecule has 0 radical (unpaired) electrons. The van der Waals surface area contributed by atoms with Gasteiger partial charge < -0.3 is 9.64 Å². The fourth-order valence-electron chi connectivity index (χ4n) is 2.87. The highest BCUT2D eigenvalue weighted by atomic mass is 32.2. The molecule has 1 saturated heterocycles. The van der Waals surface area contributed by atoms with Crippen molar-refractivity contribution >= 4 is 15.9 Å². The highest BCUT2D eigenvalue weighted by Gasteiger charge is 2.34. The molecule has 2 N–H and O–H groups in total. The maximum absolute atomic E-state index is 12.2. The third-order valence-corrected chi connectivity index (χ3v) is 4.95. The standard InChI is InChI=1S/C16H24N2O4S/c1-3-8-22-15-6-4-14(5-7-15)12(2)18-10-13(9-16(18)19)11-23(17,20)21/h4-7,12-13H,3,8-11H2,1-2H3,(H2,17,20,21). The van der Waals surface area contributed by atoms with Crippen molar-refractivity contribution in [3.63, 3.8) is 0 Å². The Morgan fingerprint density at radius 3 is 2.57 bits per heavy atom. The van der Waals surface area contributed by atoms with Gasteiger partial charge in [0.1, 0.15) is 5.75 Å². The Bertz CT molecular complexity index is 643. The Kier molecular flexibility index (Phi) is 5.64. The van der Waals surface area contributed by atoms with Crippen molar-refractivity contribution in [2.75, 3.05) is 18.9 Å². The molecule has 0 saturated carbocycles. The van der Waals surface area contributed by atoms with Crippen molar-refractivity contribution in [2.24, 2.45) is 11.1 Å². The summed E-state index contributed by atoms with van der Waals surface area (Å²) in [6, 6.07) is 7.56. The highest BCUT2D eigenvalue weighted by molar-refractivity contribution is 7.89. The number of nitrogens with zero attached hydrogens (tertiary/aromatic N) is 1. The number of rotatable bonds is 7. The summed E-state index contributed by atoms with van der Waals surface area (Å²) in [5, 5.41) is 5.08. The first-order valence-corrected chi connectivity index (χ1v) is 9.54. The van der Waals surface area contributed by atoms with E-state index in [1.807, 2.05) is 38.1 Å². The predicted molar refractivity (Wildman–Crippen MR) is 88.4 cm³/mol. The second kappa shape index (κ2) is 7.31. The van der Waals surface area contributed by atoms with E-state index in [9.17, 15) is 13.2 Å². The third-order valence-electron chi connectivity index (χ3n) is 4.01. The molecule has 1 aliphatic heterocycles. The normalized spacial score (nSPS) is 19.9. The Morgan fingerprint density at radius 2 is 2.00 bits per heavy atom. The lowest BCUT2D eigenvalue weighted by Crippen LogP contribution is -2.30. The zero-order chi connectivity index (χ0) is 17.0. The molecule has 2 unspecified atom stereocenters. The SMILES string of the molecule is CCCOc1ccc(C(C)N2CC(CS(N)(=O)=O)CC2=O)cc1. The van der Waals surface area contributed by atoms with Gasteiger partial charge in [-0.3, -0.25) is 4.79 Å². The number of nitrogens with two attached hydrogens (primary N) is 1. The number of benzene rings is 1. The number of amides is 1. The zero-order valence-corrected chi connectivity index (χ0v) is 14.4. The minimum absolute atomic E-state index is 0.0301. The summed E-state index contributed by atoms with van der Waals surface area (Å²) < 4.78 is 27.9. The molecule has 1 heterocycles. The molecule has 7 heteroatoms. The number of hydrogen-bond acceptors (Lipinski definition) is 4. The van der Waals surface area contributed by atoms with Crippen molar-refractivity contribution in [3.05, 3.63) is 29.8 Å². The molecule has 23 heavy (non-hydrogen) atoms. The average molecular weight is 340 g/mol. The van der Waals surface area contributed by atoms with E-state index >= 15 is 0 Å². The van der Waals surface area contributed by atoms with Crippen molar-refractivity contribution in [1.82, 2.24) is 4.90 Å². The van der Waals surface area contributed by atoms with Gasteiger partial charge >= 0.3 is 0 Å². The lowest BCUT2D eigenvalue weighted by atomic mass is 10.1. The van der Waals surface area contributed by atoms with Crippen LogP contribution in [0.25, 0.3) is 0 Å². The fraction of sp³-hybridized carbons (Fsp3) is 0.562. The number of hydrogen-bond donors (Lipinski definition) is 1. The quantitative estimate of drug-likeness (QED) is 0.817. The van der Waals surface area contributed by atoms with Gasteiger partial charge in [0.2, 0.25) is 15.9 Å². The van der Waals surface area contributed by atoms with E-state index < -0.39 is 10.0 Å². The van der Waals surface area contributed by atoms with Crippen LogP contribution >= 0.6 is 0 Å². The minimum atomic E-state index is -3.55. The second-order valence-corrected chi connectivity index (χ2v) is 7.70. The first-order valence-electron chi connectivity index (χ1n) is 7.83. The third kappa shape index (κ3) is 4.94. The van der Waals surface area contributed by atoms with Gasteiger partial charge in [0, 0.05) is 18.9 Å². The maximum Gasteiger partial charge on any atom is 0.223 e. The van der Waals surface area contributed by atoms with Crippen molar-refractivity contribution < 1.29 is 17.9 Å². The Hall–Kier alpha value is -1.60. The predicted octanol–water partition coefficient (Wildman–Crippen LogP) is 1.67. The molecule has 6 nitrogen and oxygen atoms in total. The number of primary sulfonamides is 1. The van der Waals surface area contributed by atoms with Gasteiger partial charge in [-0.05, 0) is 31.0 Å². The Morgan fingerprint density at radius 1 is 1.35 bits per heavy atom. The number of likely N-dealkylation sites (tertiary alicyclic amines) is 1. The first kappa shape index (κ1) is 17.7. The number of carbonyl (C=O) groups excluding carboxylic acids is 1. The Labute approximate surface area is 137 Å². The minimum Gasteiger partial charge on any atom is -0.494 e. The molecule has 1 aromatic carbocycles. The van der Waals surface area contributed by atoms with E-state index in [0.717, 1.165) is 17.7 Å². The van der Waals surface area contributed by atoms with Gasteiger partial charge in [-0.15, -0.1) is 0 Å². The van der Waals surface area contributed by atoms with E-state index in [1.54, 1.807) is 4.90 Å². The number of ether oxygens (including phenoxy) is 1. The van der Waals surface area contributed by atoms with Crippen molar-refractivity contribution in [2.45, 2.75) is 32.7 Å². The van der Waals surface area contributed by atoms with Gasteiger partial charge in [0.05, 0.1) is 18.4 Å². The lowest BCUT2D eigenvalue weighted by molar-refractivity contribution is -0.129. The first-order chi connectivity index (χ1) is 10.8. The molecule has 2 rings (SSSR count). The molecule has 1 amide bonds. The highest BCUT2D eigenvalue weighted by Crippen LogP contribution is 2.29. The summed E-state index contributed by atoms with van der Waals surface area (Å²) in [6.07, 6.45) is 1.18.